The van der Waals surface area contributed by atoms with E-state index in [1.54, 1.807) is 0 Å². The molecule has 0 bridgehead atoms. The Hall–Kier alpha value is -1.02. The molecule has 0 radical (unpaired) electrons. The third-order valence-electron chi connectivity index (χ3n) is 4.04. The second-order valence-electron chi connectivity index (χ2n) is 5.44. The summed E-state index contributed by atoms with van der Waals surface area (Å²) in [6, 6.07) is 12.7. The molecule has 1 aliphatic rings. The van der Waals surface area contributed by atoms with Gasteiger partial charge in [-0.2, -0.15) is 0 Å². The zero-order valence-corrected chi connectivity index (χ0v) is 12.7. The highest BCUT2D eigenvalue weighted by molar-refractivity contribution is 9.10. The second kappa shape index (κ2) is 5.96. The first-order valence-corrected chi connectivity index (χ1v) is 7.93. The Balaban J connectivity index is 1.62. The molecule has 0 saturated heterocycles. The van der Waals surface area contributed by atoms with Crippen LogP contribution in [0, 0.1) is 5.92 Å². The SMILES string of the molecule is Brc1ccc2cc(OCCC3CCCC3)ccc2c1. The van der Waals surface area contributed by atoms with Gasteiger partial charge >= 0.3 is 0 Å². The third-order valence-corrected chi connectivity index (χ3v) is 4.54. The van der Waals surface area contributed by atoms with E-state index >= 15 is 0 Å². The maximum Gasteiger partial charge on any atom is 0.119 e. The predicted molar refractivity (Wildman–Crippen MR) is 83.7 cm³/mol. The van der Waals surface area contributed by atoms with Crippen LogP contribution in [-0.2, 0) is 0 Å². The molecule has 0 spiro atoms. The van der Waals surface area contributed by atoms with E-state index in [1.807, 2.05) is 0 Å². The molecule has 0 aromatic heterocycles. The minimum Gasteiger partial charge on any atom is -0.494 e. The van der Waals surface area contributed by atoms with Gasteiger partial charge in [0, 0.05) is 4.47 Å². The van der Waals surface area contributed by atoms with Crippen LogP contribution in [0.25, 0.3) is 10.8 Å². The van der Waals surface area contributed by atoms with Gasteiger partial charge in [-0.15, -0.1) is 0 Å². The smallest absolute Gasteiger partial charge is 0.119 e. The van der Waals surface area contributed by atoms with Crippen molar-refractivity contribution in [1.29, 1.82) is 0 Å². The molecule has 1 nitrogen and oxygen atoms in total. The molecule has 3 rings (SSSR count). The number of hydrogen-bond acceptors (Lipinski definition) is 1. The molecule has 0 heterocycles. The van der Waals surface area contributed by atoms with Crippen molar-refractivity contribution in [3.63, 3.8) is 0 Å². The summed E-state index contributed by atoms with van der Waals surface area (Å²) >= 11 is 3.50. The predicted octanol–water partition coefficient (Wildman–Crippen LogP) is 5.56. The van der Waals surface area contributed by atoms with Gasteiger partial charge in [0.15, 0.2) is 0 Å². The zero-order valence-electron chi connectivity index (χ0n) is 11.1. The van der Waals surface area contributed by atoms with Gasteiger partial charge in [0.25, 0.3) is 0 Å². The summed E-state index contributed by atoms with van der Waals surface area (Å²) in [6.45, 7) is 0.854. The summed E-state index contributed by atoms with van der Waals surface area (Å²) in [7, 11) is 0. The summed E-state index contributed by atoms with van der Waals surface area (Å²) in [6.07, 6.45) is 6.83. The highest BCUT2D eigenvalue weighted by Gasteiger charge is 2.14. The van der Waals surface area contributed by atoms with E-state index in [1.165, 1.54) is 42.9 Å². The molecule has 0 atom stereocenters. The van der Waals surface area contributed by atoms with E-state index in [4.69, 9.17) is 4.74 Å². The van der Waals surface area contributed by atoms with Crippen molar-refractivity contribution in [2.75, 3.05) is 6.61 Å². The van der Waals surface area contributed by atoms with Crippen LogP contribution >= 0.6 is 15.9 Å². The number of rotatable bonds is 4. The first-order valence-electron chi connectivity index (χ1n) is 7.13. The molecule has 0 N–H and O–H groups in total. The molecule has 19 heavy (non-hydrogen) atoms. The first-order chi connectivity index (χ1) is 9.31. The van der Waals surface area contributed by atoms with Gasteiger partial charge in [0.1, 0.15) is 5.75 Å². The molecule has 0 amide bonds. The van der Waals surface area contributed by atoms with Crippen LogP contribution in [0.5, 0.6) is 5.75 Å². The maximum atomic E-state index is 5.89. The Labute approximate surface area is 123 Å². The van der Waals surface area contributed by atoms with Gasteiger partial charge in [-0.05, 0) is 47.4 Å². The van der Waals surface area contributed by atoms with Crippen LogP contribution in [-0.4, -0.2) is 6.61 Å². The fourth-order valence-electron chi connectivity index (χ4n) is 2.93. The lowest BCUT2D eigenvalue weighted by Crippen LogP contribution is -2.03. The summed E-state index contributed by atoms with van der Waals surface area (Å²) < 4.78 is 7.01. The molecular weight excluding hydrogens is 300 g/mol. The molecule has 2 aromatic carbocycles. The molecule has 1 fully saturated rings. The summed E-state index contributed by atoms with van der Waals surface area (Å²) in [4.78, 5) is 0. The topological polar surface area (TPSA) is 9.23 Å². The van der Waals surface area contributed by atoms with Crippen LogP contribution in [0.15, 0.2) is 40.9 Å². The number of benzene rings is 2. The Morgan fingerprint density at radius 3 is 2.58 bits per heavy atom. The van der Waals surface area contributed by atoms with Crippen LogP contribution in [0.2, 0.25) is 0 Å². The highest BCUT2D eigenvalue weighted by Crippen LogP contribution is 2.28. The van der Waals surface area contributed by atoms with Crippen LogP contribution in [0.1, 0.15) is 32.1 Å². The molecular formula is C17H19BrO. The monoisotopic (exact) mass is 318 g/mol. The average molecular weight is 319 g/mol. The van der Waals surface area contributed by atoms with Crippen molar-refractivity contribution in [2.24, 2.45) is 5.92 Å². The largest absolute Gasteiger partial charge is 0.494 e. The molecule has 2 aromatic rings. The number of ether oxygens (including phenoxy) is 1. The van der Waals surface area contributed by atoms with Crippen molar-refractivity contribution >= 4 is 26.7 Å². The minimum absolute atomic E-state index is 0.854. The van der Waals surface area contributed by atoms with Crippen molar-refractivity contribution in [3.8, 4) is 5.75 Å². The van der Waals surface area contributed by atoms with Crippen molar-refractivity contribution in [2.45, 2.75) is 32.1 Å². The zero-order chi connectivity index (χ0) is 13.1. The van der Waals surface area contributed by atoms with Crippen molar-refractivity contribution < 1.29 is 4.74 Å². The fraction of sp³-hybridized carbons (Fsp3) is 0.412. The second-order valence-corrected chi connectivity index (χ2v) is 6.36. The van der Waals surface area contributed by atoms with Gasteiger partial charge in [-0.3, -0.25) is 0 Å². The third kappa shape index (κ3) is 3.30. The Morgan fingerprint density at radius 2 is 1.74 bits per heavy atom. The lowest BCUT2D eigenvalue weighted by Gasteiger charge is -2.11. The van der Waals surface area contributed by atoms with E-state index in [9.17, 15) is 0 Å². The van der Waals surface area contributed by atoms with Gasteiger partial charge in [0.2, 0.25) is 0 Å². The molecule has 2 heteroatoms. The highest BCUT2D eigenvalue weighted by atomic mass is 79.9. The number of halogens is 1. The normalized spacial score (nSPS) is 16.1. The molecule has 1 saturated carbocycles. The van der Waals surface area contributed by atoms with Gasteiger partial charge < -0.3 is 4.74 Å². The Bertz CT molecular complexity index is 558. The number of hydrogen-bond donors (Lipinski definition) is 0. The Kier molecular flexibility index (Phi) is 4.07. The van der Waals surface area contributed by atoms with E-state index in [0.717, 1.165) is 22.7 Å². The van der Waals surface area contributed by atoms with Crippen LogP contribution < -0.4 is 4.74 Å². The standard InChI is InChI=1S/C17H19BrO/c18-16-7-5-15-12-17(8-6-14(15)11-16)19-10-9-13-3-1-2-4-13/h5-8,11-13H,1-4,9-10H2. The minimum atomic E-state index is 0.854. The van der Waals surface area contributed by atoms with Gasteiger partial charge in [-0.1, -0.05) is 53.7 Å². The van der Waals surface area contributed by atoms with Crippen LogP contribution in [0.3, 0.4) is 0 Å². The lowest BCUT2D eigenvalue weighted by atomic mass is 10.1. The molecule has 0 unspecified atom stereocenters. The van der Waals surface area contributed by atoms with E-state index in [2.05, 4.69) is 52.3 Å². The maximum absolute atomic E-state index is 5.89. The van der Waals surface area contributed by atoms with Crippen molar-refractivity contribution in [1.82, 2.24) is 0 Å². The Morgan fingerprint density at radius 1 is 1.00 bits per heavy atom. The van der Waals surface area contributed by atoms with Gasteiger partial charge in [0.05, 0.1) is 6.61 Å². The summed E-state index contributed by atoms with van der Waals surface area (Å²) in [5, 5.41) is 2.49. The van der Waals surface area contributed by atoms with Crippen LogP contribution in [0.4, 0.5) is 0 Å². The molecule has 0 aliphatic heterocycles. The lowest BCUT2D eigenvalue weighted by molar-refractivity contribution is 0.279. The quantitative estimate of drug-likeness (QED) is 0.717. The summed E-state index contributed by atoms with van der Waals surface area (Å²) in [5.41, 5.74) is 0. The van der Waals surface area contributed by atoms with E-state index in [-0.39, 0.29) is 0 Å². The summed E-state index contributed by atoms with van der Waals surface area (Å²) in [5.74, 6) is 1.89. The van der Waals surface area contributed by atoms with E-state index < -0.39 is 0 Å². The average Bonchev–Trinajstić information content (AvgIpc) is 2.92. The molecule has 100 valence electrons. The van der Waals surface area contributed by atoms with E-state index in [0.29, 0.717) is 0 Å². The first kappa shape index (κ1) is 13.0. The number of fused-ring (bicyclic) bond motifs is 1. The molecule has 1 aliphatic carbocycles. The van der Waals surface area contributed by atoms with Gasteiger partial charge in [-0.25, -0.2) is 0 Å². The fourth-order valence-corrected chi connectivity index (χ4v) is 3.31. The van der Waals surface area contributed by atoms with Crippen molar-refractivity contribution in [3.05, 3.63) is 40.9 Å².